The molecule has 1 radical (unpaired) electrons. The molecule has 0 bridgehead atoms. The number of hydrogen-bond acceptors (Lipinski definition) is 3. The van der Waals surface area contributed by atoms with E-state index in [1.165, 1.54) is 0 Å². The number of aryl methyl sites for hydroxylation is 2. The van der Waals surface area contributed by atoms with Crippen LogP contribution in [0.15, 0.2) is 0 Å². The van der Waals surface area contributed by atoms with E-state index in [1.54, 1.807) is 0 Å². The first-order chi connectivity index (χ1) is 3.79. The van der Waals surface area contributed by atoms with Gasteiger partial charge in [-0.1, -0.05) is 13.8 Å². The molecule has 0 saturated carbocycles. The molecule has 1 aromatic rings. The monoisotopic (exact) mass is 295 g/mol. The molecule has 1 rings (SSSR count). The van der Waals surface area contributed by atoms with Crippen LogP contribution < -0.4 is 0 Å². The Hall–Kier alpha value is -0.328. The van der Waals surface area contributed by atoms with E-state index in [2.05, 4.69) is 21.3 Å². The largest absolute Gasteiger partial charge is 0.353 e. The molecule has 49 valence electrons. The summed E-state index contributed by atoms with van der Waals surface area (Å²) in [6.07, 6.45) is 2.47. The van der Waals surface area contributed by atoms with Gasteiger partial charge >= 0.3 is 0 Å². The van der Waals surface area contributed by atoms with E-state index < -0.39 is 0 Å². The Bertz CT molecular complexity index is 172. The topological polar surface area (TPSA) is 38.7 Å². The van der Waals surface area contributed by atoms with Gasteiger partial charge in [-0.15, -0.1) is 0 Å². The van der Waals surface area contributed by atoms with Crippen LogP contribution in [-0.4, -0.2) is 15.0 Å². The van der Waals surface area contributed by atoms with E-state index in [1.807, 2.05) is 13.8 Å². The van der Waals surface area contributed by atoms with Crippen molar-refractivity contribution in [3.63, 3.8) is 0 Å². The molecule has 0 aromatic carbocycles. The summed E-state index contributed by atoms with van der Waals surface area (Å²) in [5.74, 6) is 1.44. The van der Waals surface area contributed by atoms with Crippen molar-refractivity contribution in [2.24, 2.45) is 0 Å². The summed E-state index contributed by atoms with van der Waals surface area (Å²) in [5, 5.41) is 0. The first-order valence-electron chi connectivity index (χ1n) is 2.34. The SMILES string of the molecule is Cc1n[c-]nc(C)n1.[Re]. The second-order valence-electron chi connectivity index (χ2n) is 1.53. The minimum Gasteiger partial charge on any atom is -0.353 e. The van der Waals surface area contributed by atoms with E-state index in [0.717, 1.165) is 11.6 Å². The molecule has 0 atom stereocenters. The quantitative estimate of drug-likeness (QED) is 0.646. The molecule has 0 fully saturated rings. The van der Waals surface area contributed by atoms with Gasteiger partial charge in [-0.25, -0.2) is 0 Å². The van der Waals surface area contributed by atoms with Crippen LogP contribution >= 0.6 is 0 Å². The molecule has 0 amide bonds. The van der Waals surface area contributed by atoms with E-state index >= 15 is 0 Å². The van der Waals surface area contributed by atoms with E-state index in [4.69, 9.17) is 0 Å². The van der Waals surface area contributed by atoms with E-state index in [0.29, 0.717) is 0 Å². The first-order valence-corrected chi connectivity index (χ1v) is 2.34. The van der Waals surface area contributed by atoms with Gasteiger partial charge in [-0.2, -0.15) is 0 Å². The van der Waals surface area contributed by atoms with Crippen molar-refractivity contribution in [2.75, 3.05) is 0 Å². The molecule has 1 aromatic heterocycles. The summed E-state index contributed by atoms with van der Waals surface area (Å²) in [7, 11) is 0. The average Bonchev–Trinajstić information content (AvgIpc) is 1.64. The van der Waals surface area contributed by atoms with Crippen molar-refractivity contribution >= 4 is 0 Å². The standard InChI is InChI=1S/C5H6N3.Re/c1-4-6-3-7-5(2)8-4;/h1-2H3;/q-1;. The van der Waals surface area contributed by atoms with Crippen molar-refractivity contribution in [1.82, 2.24) is 15.0 Å². The minimum atomic E-state index is 0. The van der Waals surface area contributed by atoms with Crippen molar-refractivity contribution in [2.45, 2.75) is 13.8 Å². The maximum Gasteiger partial charge on any atom is 0.0247 e. The van der Waals surface area contributed by atoms with Crippen LogP contribution in [0.3, 0.4) is 0 Å². The smallest absolute Gasteiger partial charge is 0.0247 e. The Morgan fingerprint density at radius 3 is 1.78 bits per heavy atom. The van der Waals surface area contributed by atoms with Crippen LogP contribution in [0.5, 0.6) is 0 Å². The second-order valence-corrected chi connectivity index (χ2v) is 1.53. The Labute approximate surface area is 67.6 Å². The predicted octanol–water partition coefficient (Wildman–Crippen LogP) is 0.286. The molecule has 0 aliphatic carbocycles. The fourth-order valence-corrected chi connectivity index (χ4v) is 0.454. The molecule has 1 heterocycles. The van der Waals surface area contributed by atoms with Crippen LogP contribution in [0.1, 0.15) is 11.6 Å². The van der Waals surface area contributed by atoms with Crippen molar-refractivity contribution in [1.29, 1.82) is 0 Å². The third-order valence-electron chi connectivity index (χ3n) is 0.747. The van der Waals surface area contributed by atoms with Gasteiger partial charge in [0.25, 0.3) is 0 Å². The van der Waals surface area contributed by atoms with E-state index in [-0.39, 0.29) is 20.4 Å². The molecule has 0 spiro atoms. The van der Waals surface area contributed by atoms with Crippen LogP contribution in [-0.2, 0) is 20.4 Å². The zero-order valence-electron chi connectivity index (χ0n) is 5.22. The van der Waals surface area contributed by atoms with Crippen molar-refractivity contribution in [3.8, 4) is 0 Å². The van der Waals surface area contributed by atoms with Gasteiger partial charge in [0.15, 0.2) is 0 Å². The normalized spacial score (nSPS) is 8.22. The van der Waals surface area contributed by atoms with Crippen molar-refractivity contribution in [3.05, 3.63) is 18.0 Å². The van der Waals surface area contributed by atoms with Crippen LogP contribution in [0.4, 0.5) is 0 Å². The number of aromatic nitrogens is 3. The van der Waals surface area contributed by atoms with Gasteiger partial charge in [-0.3, -0.25) is 0 Å². The summed E-state index contributed by atoms with van der Waals surface area (Å²) in [5.41, 5.74) is 0. The Morgan fingerprint density at radius 1 is 1.11 bits per heavy atom. The number of rotatable bonds is 0. The summed E-state index contributed by atoms with van der Waals surface area (Å²) in [6.45, 7) is 3.62. The van der Waals surface area contributed by atoms with Crippen LogP contribution in [0, 0.1) is 20.2 Å². The Balaban J connectivity index is 0.000000640. The average molecular weight is 294 g/mol. The molecule has 0 aliphatic rings. The first kappa shape index (κ1) is 8.67. The number of nitrogens with zero attached hydrogens (tertiary/aromatic N) is 3. The summed E-state index contributed by atoms with van der Waals surface area (Å²) in [4.78, 5) is 11.3. The molecule has 4 heteroatoms. The predicted molar refractivity (Wildman–Crippen MR) is 28.1 cm³/mol. The molecule has 0 unspecified atom stereocenters. The van der Waals surface area contributed by atoms with E-state index in [9.17, 15) is 0 Å². The third kappa shape index (κ3) is 2.64. The summed E-state index contributed by atoms with van der Waals surface area (Å²) < 4.78 is 0. The van der Waals surface area contributed by atoms with Crippen molar-refractivity contribution < 1.29 is 20.4 Å². The molecule has 0 saturated heterocycles. The Morgan fingerprint density at radius 2 is 1.56 bits per heavy atom. The maximum absolute atomic E-state index is 3.92. The van der Waals surface area contributed by atoms with Crippen LogP contribution in [0.2, 0.25) is 0 Å². The second kappa shape index (κ2) is 3.65. The zero-order chi connectivity index (χ0) is 5.98. The summed E-state index contributed by atoms with van der Waals surface area (Å²) in [6, 6.07) is 0. The zero-order valence-corrected chi connectivity index (χ0v) is 7.94. The van der Waals surface area contributed by atoms with Gasteiger partial charge < -0.3 is 15.0 Å². The molecule has 9 heavy (non-hydrogen) atoms. The fraction of sp³-hybridized carbons (Fsp3) is 0.400. The minimum absolute atomic E-state index is 0. The third-order valence-corrected chi connectivity index (χ3v) is 0.747. The fourth-order valence-electron chi connectivity index (χ4n) is 0.454. The molecule has 3 nitrogen and oxygen atoms in total. The molecular weight excluding hydrogens is 288 g/mol. The molecule has 0 aliphatic heterocycles. The van der Waals surface area contributed by atoms with Gasteiger partial charge in [0.1, 0.15) is 0 Å². The van der Waals surface area contributed by atoms with Gasteiger partial charge in [-0.05, 0) is 0 Å². The summed E-state index contributed by atoms with van der Waals surface area (Å²) >= 11 is 0. The Kier molecular flexibility index (Phi) is 3.52. The van der Waals surface area contributed by atoms with Crippen LogP contribution in [0.25, 0.3) is 0 Å². The molecule has 0 N–H and O–H groups in total. The number of hydrogen-bond donors (Lipinski definition) is 0. The van der Waals surface area contributed by atoms with Gasteiger partial charge in [0.05, 0.1) is 0 Å². The van der Waals surface area contributed by atoms with Gasteiger partial charge in [0.2, 0.25) is 0 Å². The molecular formula is C5H6N3Re-. The van der Waals surface area contributed by atoms with Gasteiger partial charge in [0, 0.05) is 38.4 Å². The maximum atomic E-state index is 3.92.